The molecule has 9 atom stereocenters. The van der Waals surface area contributed by atoms with Gasteiger partial charge in [-0.25, -0.2) is 0 Å². The van der Waals surface area contributed by atoms with Crippen molar-refractivity contribution >= 4 is 11.8 Å². The smallest absolute Gasteiger partial charge is 0.251 e. The van der Waals surface area contributed by atoms with Crippen molar-refractivity contribution in [2.45, 2.75) is 112 Å². The predicted molar refractivity (Wildman–Crippen MR) is 187 cm³/mol. The fourth-order valence-corrected chi connectivity index (χ4v) is 8.94. The van der Waals surface area contributed by atoms with Crippen LogP contribution in [0.4, 0.5) is 0 Å². The van der Waals surface area contributed by atoms with E-state index in [2.05, 4.69) is 45.3 Å². The number of carbonyl (C=O) groups excluding carboxylic acids is 2. The largest absolute Gasteiger partial charge is 0.496 e. The number of hydrogen-bond acceptors (Lipinski definition) is 7. The molecule has 9 heteroatoms. The van der Waals surface area contributed by atoms with Crippen LogP contribution in [0.5, 0.6) is 5.75 Å². The predicted octanol–water partition coefficient (Wildman–Crippen LogP) is 5.50. The van der Waals surface area contributed by atoms with Gasteiger partial charge in [-0.2, -0.15) is 5.06 Å². The minimum Gasteiger partial charge on any atom is -0.496 e. The summed E-state index contributed by atoms with van der Waals surface area (Å²) in [6, 6.07) is 10.7. The van der Waals surface area contributed by atoms with E-state index < -0.39 is 18.1 Å². The molecule has 2 bridgehead atoms. The molecule has 4 N–H and O–H groups in total. The number of carbonyl (C=O) groups is 2. The summed E-state index contributed by atoms with van der Waals surface area (Å²) >= 11 is 0. The SMILES string of the molecule is COc1c(CN2O[C@@H](C)[C@@H]([C@H](C)O)[C@H]2C(=O)N[C@H]2C[C@H]3C[C@@H]([C@@H]2C)C3(C)C)cccc1-c1cc(C)cc(C(=O)N[C@H](CO)CC(C)C)c1. The van der Waals surface area contributed by atoms with E-state index in [0.29, 0.717) is 46.8 Å². The number of aryl methyl sites for hydroxylation is 1. The van der Waals surface area contributed by atoms with E-state index in [1.165, 1.54) is 6.42 Å². The highest BCUT2D eigenvalue weighted by Crippen LogP contribution is 2.61. The highest BCUT2D eigenvalue weighted by atomic mass is 16.7. The van der Waals surface area contributed by atoms with Crippen LogP contribution in [0.3, 0.4) is 0 Å². The minimum absolute atomic E-state index is 0.102. The van der Waals surface area contributed by atoms with Gasteiger partial charge in [0, 0.05) is 28.7 Å². The molecular weight excluding hydrogens is 606 g/mol. The third-order valence-electron chi connectivity index (χ3n) is 11.6. The maximum atomic E-state index is 14.1. The van der Waals surface area contributed by atoms with Gasteiger partial charge in [-0.1, -0.05) is 58.9 Å². The lowest BCUT2D eigenvalue weighted by molar-refractivity contribution is -0.174. The number of hydroxylamine groups is 2. The molecule has 48 heavy (non-hydrogen) atoms. The first kappa shape index (κ1) is 36.3. The van der Waals surface area contributed by atoms with Gasteiger partial charge in [0.2, 0.25) is 5.91 Å². The van der Waals surface area contributed by atoms with Crippen LogP contribution >= 0.6 is 0 Å². The molecule has 9 nitrogen and oxygen atoms in total. The number of benzene rings is 2. The molecular formula is C39H57N3O6. The van der Waals surface area contributed by atoms with Crippen molar-refractivity contribution in [1.82, 2.24) is 15.7 Å². The average molecular weight is 664 g/mol. The fourth-order valence-electron chi connectivity index (χ4n) is 8.94. The van der Waals surface area contributed by atoms with E-state index in [1.807, 2.05) is 50.2 Å². The Morgan fingerprint density at radius 3 is 2.46 bits per heavy atom. The molecule has 0 spiro atoms. The first-order valence-electron chi connectivity index (χ1n) is 17.8. The second-order valence-electron chi connectivity index (χ2n) is 15.8. The quantitative estimate of drug-likeness (QED) is 0.237. The molecule has 0 radical (unpaired) electrons. The van der Waals surface area contributed by atoms with Gasteiger partial charge in [0.25, 0.3) is 5.91 Å². The van der Waals surface area contributed by atoms with Gasteiger partial charge in [0.05, 0.1) is 38.5 Å². The summed E-state index contributed by atoms with van der Waals surface area (Å²) in [5, 5.41) is 28.8. The Morgan fingerprint density at radius 1 is 1.12 bits per heavy atom. The van der Waals surface area contributed by atoms with Crippen molar-refractivity contribution in [3.8, 4) is 16.9 Å². The van der Waals surface area contributed by atoms with Crippen LogP contribution in [0.25, 0.3) is 11.1 Å². The van der Waals surface area contributed by atoms with Crippen molar-refractivity contribution in [3.05, 3.63) is 53.1 Å². The maximum Gasteiger partial charge on any atom is 0.251 e. The molecule has 2 amide bonds. The van der Waals surface area contributed by atoms with Gasteiger partial charge < -0.3 is 25.6 Å². The number of aliphatic hydroxyl groups is 2. The van der Waals surface area contributed by atoms with Crippen LogP contribution in [-0.2, 0) is 16.2 Å². The van der Waals surface area contributed by atoms with Gasteiger partial charge >= 0.3 is 0 Å². The van der Waals surface area contributed by atoms with Crippen molar-refractivity contribution in [2.75, 3.05) is 13.7 Å². The Bertz CT molecular complexity index is 1470. The zero-order valence-electron chi connectivity index (χ0n) is 30.2. The molecule has 2 aromatic rings. The number of nitrogens with zero attached hydrogens (tertiary/aromatic N) is 1. The van der Waals surface area contributed by atoms with E-state index >= 15 is 0 Å². The Kier molecular flexibility index (Phi) is 10.9. The number of hydrogen-bond donors (Lipinski definition) is 4. The number of fused-ring (bicyclic) bond motifs is 2. The van der Waals surface area contributed by atoms with Crippen LogP contribution in [0.2, 0.25) is 0 Å². The van der Waals surface area contributed by atoms with Crippen molar-refractivity contribution in [3.63, 3.8) is 0 Å². The summed E-state index contributed by atoms with van der Waals surface area (Å²) in [6.45, 7) is 16.8. The zero-order valence-corrected chi connectivity index (χ0v) is 30.2. The summed E-state index contributed by atoms with van der Waals surface area (Å²) in [5.41, 5.74) is 4.20. The van der Waals surface area contributed by atoms with Crippen LogP contribution in [0, 0.1) is 41.9 Å². The lowest BCUT2D eigenvalue weighted by Crippen LogP contribution is -2.62. The second-order valence-corrected chi connectivity index (χ2v) is 15.8. The molecule has 4 aliphatic rings. The topological polar surface area (TPSA) is 120 Å². The van der Waals surface area contributed by atoms with E-state index in [1.54, 1.807) is 19.1 Å². The first-order valence-corrected chi connectivity index (χ1v) is 17.8. The molecule has 6 rings (SSSR count). The number of rotatable bonds is 12. The average Bonchev–Trinajstić information content (AvgIpc) is 3.36. The Balaban J connectivity index is 1.40. The van der Waals surface area contributed by atoms with Gasteiger partial charge in [-0.05, 0) is 92.4 Å². The molecule has 4 fully saturated rings. The summed E-state index contributed by atoms with van der Waals surface area (Å²) in [7, 11) is 1.62. The van der Waals surface area contributed by atoms with Crippen LogP contribution < -0.4 is 15.4 Å². The minimum atomic E-state index is -0.743. The third-order valence-corrected chi connectivity index (χ3v) is 11.6. The number of para-hydroxylation sites is 1. The fraction of sp³-hybridized carbons (Fsp3) is 0.641. The number of amides is 2. The monoisotopic (exact) mass is 663 g/mol. The van der Waals surface area contributed by atoms with Gasteiger partial charge in [0.1, 0.15) is 11.8 Å². The second kappa shape index (κ2) is 14.5. The van der Waals surface area contributed by atoms with E-state index in [0.717, 1.165) is 28.7 Å². The van der Waals surface area contributed by atoms with E-state index in [4.69, 9.17) is 9.57 Å². The third kappa shape index (κ3) is 7.16. The number of ether oxygens (including phenoxy) is 1. The maximum absolute atomic E-state index is 14.1. The number of methoxy groups -OCH3 is 1. The molecule has 1 saturated heterocycles. The molecule has 0 unspecified atom stereocenters. The highest BCUT2D eigenvalue weighted by molar-refractivity contribution is 5.96. The summed E-state index contributed by atoms with van der Waals surface area (Å²) < 4.78 is 6.01. The normalized spacial score (nSPS) is 29.2. The van der Waals surface area contributed by atoms with Crippen molar-refractivity contribution in [1.29, 1.82) is 0 Å². The molecule has 2 aromatic carbocycles. The molecule has 1 aliphatic heterocycles. The van der Waals surface area contributed by atoms with E-state index in [-0.39, 0.29) is 43.2 Å². The number of nitrogens with one attached hydrogen (secondary N) is 2. The molecule has 3 saturated carbocycles. The molecule has 0 aromatic heterocycles. The van der Waals surface area contributed by atoms with Gasteiger partial charge in [0.15, 0.2) is 0 Å². The Labute approximate surface area is 286 Å². The lowest BCUT2D eigenvalue weighted by Gasteiger charge is -2.62. The Morgan fingerprint density at radius 2 is 1.85 bits per heavy atom. The van der Waals surface area contributed by atoms with Crippen LogP contribution in [0.1, 0.15) is 89.2 Å². The summed E-state index contributed by atoms with van der Waals surface area (Å²) in [6.07, 6.45) is 1.79. The van der Waals surface area contributed by atoms with Gasteiger partial charge in [-0.3, -0.25) is 14.4 Å². The standard InChI is InChI=1S/C39H57N3O6/c1-21(2)13-30(20-43)40-37(45)28-15-22(3)14-27(16-28)31-12-10-11-26(36(31)47-9)19-42-35(34(24(5)44)25(6)48-42)38(46)41-33-18-29-17-32(23(33)4)39(29,7)8/h10-12,14-16,21,23-25,29-30,32-35,43-44H,13,17-20H2,1-9H3,(H,40,45)(H,41,46)/t23-,24-,25-,29+,30-,32-,33-,34+,35-/m0/s1. The first-order chi connectivity index (χ1) is 22.7. The lowest BCUT2D eigenvalue weighted by atomic mass is 9.45. The Hall–Kier alpha value is -2.98. The van der Waals surface area contributed by atoms with Crippen molar-refractivity contribution < 1.29 is 29.4 Å². The zero-order chi connectivity index (χ0) is 35.1. The van der Waals surface area contributed by atoms with Crippen LogP contribution in [0.15, 0.2) is 36.4 Å². The van der Waals surface area contributed by atoms with Gasteiger partial charge in [-0.15, -0.1) is 0 Å². The van der Waals surface area contributed by atoms with E-state index in [9.17, 15) is 19.8 Å². The molecule has 3 aliphatic carbocycles. The summed E-state index contributed by atoms with van der Waals surface area (Å²) in [4.78, 5) is 33.7. The van der Waals surface area contributed by atoms with Crippen molar-refractivity contribution in [2.24, 2.45) is 35.0 Å². The highest BCUT2D eigenvalue weighted by Gasteiger charge is 2.57. The van der Waals surface area contributed by atoms with Crippen LogP contribution in [-0.4, -0.2) is 71.1 Å². The molecule has 1 heterocycles. The summed E-state index contributed by atoms with van der Waals surface area (Å²) in [5.74, 6) is 1.81. The number of aliphatic hydroxyl groups excluding tert-OH is 2. The molecule has 264 valence electrons.